The Morgan fingerprint density at radius 3 is 2.93 bits per heavy atom. The van der Waals surface area contributed by atoms with Crippen LogP contribution in [0.1, 0.15) is 6.42 Å². The Kier molecular flexibility index (Phi) is 4.50. The number of hydrogen-bond acceptors (Lipinski definition) is 3. The molecule has 14 heavy (non-hydrogen) atoms. The lowest BCUT2D eigenvalue weighted by atomic mass is 9.80. The maximum Gasteiger partial charge on any atom is 0.513 e. The van der Waals surface area contributed by atoms with Crippen molar-refractivity contribution in [2.45, 2.75) is 12.2 Å². The second-order valence-corrected chi connectivity index (χ2v) is 4.91. The van der Waals surface area contributed by atoms with Crippen LogP contribution in [0.5, 0.6) is 0 Å². The molecule has 0 fully saturated rings. The van der Waals surface area contributed by atoms with E-state index >= 15 is 0 Å². The van der Waals surface area contributed by atoms with Gasteiger partial charge in [0.1, 0.15) is 5.76 Å². The standard InChI is InChI=1S/C8H7BBrIO3/c1-13-8(12)14-7-5(9)2-4(11)3-6(7)10/h3,5H,2H2,1H3. The Balaban J connectivity index is 2.83. The summed E-state index contributed by atoms with van der Waals surface area (Å²) in [5, 5.41) is 0. The minimum Gasteiger partial charge on any atom is -0.437 e. The van der Waals surface area contributed by atoms with Gasteiger partial charge in [0.25, 0.3) is 0 Å². The molecular formula is C8H7BBrIO3. The smallest absolute Gasteiger partial charge is 0.437 e. The average molecular weight is 369 g/mol. The zero-order valence-electron chi connectivity index (χ0n) is 7.42. The van der Waals surface area contributed by atoms with Gasteiger partial charge >= 0.3 is 6.16 Å². The lowest BCUT2D eigenvalue weighted by Gasteiger charge is -2.20. The fourth-order valence-electron chi connectivity index (χ4n) is 1.00. The largest absolute Gasteiger partial charge is 0.513 e. The zero-order valence-corrected chi connectivity index (χ0v) is 11.2. The maximum absolute atomic E-state index is 10.9. The minimum absolute atomic E-state index is 0.305. The molecule has 6 heteroatoms. The molecule has 1 atom stereocenters. The van der Waals surface area contributed by atoms with Crippen LogP contribution in [0.2, 0.25) is 5.82 Å². The summed E-state index contributed by atoms with van der Waals surface area (Å²) in [4.78, 5) is 10.9. The molecule has 0 aromatic heterocycles. The van der Waals surface area contributed by atoms with Gasteiger partial charge in [0, 0.05) is 0 Å². The van der Waals surface area contributed by atoms with E-state index in [1.807, 2.05) is 6.08 Å². The van der Waals surface area contributed by atoms with Crippen molar-refractivity contribution in [3.8, 4) is 0 Å². The molecule has 1 aliphatic rings. The first-order valence-corrected chi connectivity index (χ1v) is 5.69. The fourth-order valence-corrected chi connectivity index (χ4v) is 2.87. The summed E-state index contributed by atoms with van der Waals surface area (Å²) in [6.07, 6.45) is 1.78. The van der Waals surface area contributed by atoms with E-state index in [1.165, 1.54) is 7.11 Å². The highest BCUT2D eigenvalue weighted by Crippen LogP contribution is 2.37. The van der Waals surface area contributed by atoms with Crippen LogP contribution in [0.3, 0.4) is 0 Å². The van der Waals surface area contributed by atoms with E-state index in [4.69, 9.17) is 12.6 Å². The summed E-state index contributed by atoms with van der Waals surface area (Å²) in [5.74, 6) is 0.109. The number of carbonyl (C=O) groups excluding carboxylic acids is 1. The number of rotatable bonds is 1. The molecule has 0 saturated heterocycles. The van der Waals surface area contributed by atoms with Gasteiger partial charge in [-0.1, -0.05) is 0 Å². The summed E-state index contributed by atoms with van der Waals surface area (Å²) in [5.41, 5.74) is 0. The van der Waals surface area contributed by atoms with Crippen LogP contribution < -0.4 is 0 Å². The van der Waals surface area contributed by atoms with Crippen molar-refractivity contribution in [2.24, 2.45) is 0 Å². The quantitative estimate of drug-likeness (QED) is 0.405. The van der Waals surface area contributed by atoms with Gasteiger partial charge in [-0.25, -0.2) is 4.79 Å². The van der Waals surface area contributed by atoms with Crippen molar-refractivity contribution in [1.82, 2.24) is 0 Å². The van der Waals surface area contributed by atoms with E-state index in [1.54, 1.807) is 0 Å². The molecule has 0 heterocycles. The third kappa shape index (κ3) is 3.01. The van der Waals surface area contributed by atoms with Crippen molar-refractivity contribution in [2.75, 3.05) is 7.11 Å². The average Bonchev–Trinajstić information content (AvgIpc) is 2.10. The van der Waals surface area contributed by atoms with Gasteiger partial charge in [-0.3, -0.25) is 0 Å². The number of hydrogen-bond donors (Lipinski definition) is 0. The van der Waals surface area contributed by atoms with Crippen molar-refractivity contribution < 1.29 is 14.3 Å². The van der Waals surface area contributed by atoms with E-state index in [0.717, 1.165) is 3.58 Å². The highest BCUT2D eigenvalue weighted by molar-refractivity contribution is 14.1. The van der Waals surface area contributed by atoms with Crippen LogP contribution in [-0.4, -0.2) is 21.1 Å². The normalized spacial score (nSPS) is 21.6. The van der Waals surface area contributed by atoms with E-state index in [-0.39, 0.29) is 5.82 Å². The number of carbonyl (C=O) groups is 1. The molecule has 0 aromatic carbocycles. The molecule has 0 amide bonds. The Morgan fingerprint density at radius 2 is 2.43 bits per heavy atom. The molecule has 0 N–H and O–H groups in total. The number of halogens is 2. The van der Waals surface area contributed by atoms with Crippen LogP contribution in [0, 0.1) is 0 Å². The van der Waals surface area contributed by atoms with Gasteiger partial charge < -0.3 is 9.47 Å². The van der Waals surface area contributed by atoms with Gasteiger partial charge in [-0.15, -0.1) is 0 Å². The van der Waals surface area contributed by atoms with Gasteiger partial charge in [0.15, 0.2) is 0 Å². The van der Waals surface area contributed by atoms with Crippen molar-refractivity contribution >= 4 is 52.5 Å². The second kappa shape index (κ2) is 5.20. The third-order valence-electron chi connectivity index (χ3n) is 1.63. The van der Waals surface area contributed by atoms with Crippen LogP contribution in [0.15, 0.2) is 19.9 Å². The van der Waals surface area contributed by atoms with E-state index in [2.05, 4.69) is 43.3 Å². The Morgan fingerprint density at radius 1 is 1.79 bits per heavy atom. The molecule has 3 nitrogen and oxygen atoms in total. The first-order valence-electron chi connectivity index (χ1n) is 3.81. The van der Waals surface area contributed by atoms with Crippen LogP contribution >= 0.6 is 38.5 Å². The van der Waals surface area contributed by atoms with Crippen LogP contribution in [0.25, 0.3) is 0 Å². The predicted octanol–water partition coefficient (Wildman–Crippen LogP) is 3.06. The number of ether oxygens (including phenoxy) is 2. The van der Waals surface area contributed by atoms with Crippen LogP contribution in [0.4, 0.5) is 4.79 Å². The summed E-state index contributed by atoms with van der Waals surface area (Å²) in [7, 11) is 7.05. The van der Waals surface area contributed by atoms with Crippen molar-refractivity contribution in [1.29, 1.82) is 0 Å². The first-order chi connectivity index (χ1) is 6.54. The van der Waals surface area contributed by atoms with E-state index < -0.39 is 6.16 Å². The van der Waals surface area contributed by atoms with Gasteiger partial charge in [-0.2, -0.15) is 0 Å². The maximum atomic E-state index is 10.9. The summed E-state index contributed by atoms with van der Waals surface area (Å²) < 4.78 is 11.1. The molecule has 74 valence electrons. The molecule has 0 bridgehead atoms. The highest BCUT2D eigenvalue weighted by atomic mass is 127. The lowest BCUT2D eigenvalue weighted by Crippen LogP contribution is -2.12. The molecular weight excluding hydrogens is 362 g/mol. The minimum atomic E-state index is -0.752. The summed E-state index contributed by atoms with van der Waals surface area (Å²) in [6, 6.07) is 0. The number of methoxy groups -OCH3 is 1. The zero-order chi connectivity index (χ0) is 10.7. The van der Waals surface area contributed by atoms with E-state index in [0.29, 0.717) is 16.7 Å². The van der Waals surface area contributed by atoms with Crippen molar-refractivity contribution in [3.05, 3.63) is 19.9 Å². The molecule has 0 aliphatic heterocycles. The Hall–Kier alpha value is 0.0249. The summed E-state index contributed by atoms with van der Waals surface area (Å²) in [6.45, 7) is 0. The molecule has 1 aliphatic carbocycles. The van der Waals surface area contributed by atoms with Gasteiger partial charge in [0.05, 0.1) is 19.4 Å². The monoisotopic (exact) mass is 368 g/mol. The SMILES string of the molecule is [B]C1CC(I)=CC(Br)=C1OC(=O)OC. The summed E-state index contributed by atoms with van der Waals surface area (Å²) >= 11 is 5.46. The molecule has 2 radical (unpaired) electrons. The Labute approximate surface area is 106 Å². The molecule has 0 saturated carbocycles. The fraction of sp³-hybridized carbons (Fsp3) is 0.375. The molecule has 0 aromatic rings. The highest BCUT2D eigenvalue weighted by Gasteiger charge is 2.22. The topological polar surface area (TPSA) is 35.5 Å². The van der Waals surface area contributed by atoms with Crippen molar-refractivity contribution in [3.63, 3.8) is 0 Å². The van der Waals surface area contributed by atoms with Gasteiger partial charge in [0.2, 0.25) is 0 Å². The predicted molar refractivity (Wildman–Crippen MR) is 65.7 cm³/mol. The van der Waals surface area contributed by atoms with Crippen LogP contribution in [-0.2, 0) is 9.47 Å². The molecule has 0 spiro atoms. The van der Waals surface area contributed by atoms with E-state index in [9.17, 15) is 4.79 Å². The van der Waals surface area contributed by atoms with Gasteiger partial charge in [-0.05, 0) is 60.4 Å². The lowest BCUT2D eigenvalue weighted by molar-refractivity contribution is 0.0946. The third-order valence-corrected chi connectivity index (χ3v) is 3.00. The second-order valence-electron chi connectivity index (χ2n) is 2.67. The Bertz CT molecular complexity index is 314. The molecule has 1 unspecified atom stereocenters. The molecule has 1 rings (SSSR count). The first kappa shape index (κ1) is 12.1. The number of allylic oxidation sites excluding steroid dienone is 4.